The lowest BCUT2D eigenvalue weighted by molar-refractivity contribution is -0.192. The molecule has 1 aromatic rings. The molecule has 1 aliphatic heterocycles. The molecule has 5 nitrogen and oxygen atoms in total. The van der Waals surface area contributed by atoms with Crippen LogP contribution in [0.4, 0.5) is 4.79 Å². The predicted octanol–water partition coefficient (Wildman–Crippen LogP) is 15.3. The fraction of sp³-hybridized carbons (Fsp3) is 0.706. The van der Waals surface area contributed by atoms with E-state index in [0.29, 0.717) is 6.61 Å². The van der Waals surface area contributed by atoms with Gasteiger partial charge in [0.2, 0.25) is 0 Å². The molecule has 316 valence electrons. The van der Waals surface area contributed by atoms with Gasteiger partial charge in [-0.3, -0.25) is 0 Å². The highest BCUT2D eigenvalue weighted by Crippen LogP contribution is 2.45. The first kappa shape index (κ1) is 47.7. The van der Waals surface area contributed by atoms with Gasteiger partial charge in [-0.15, -0.1) is 0 Å². The van der Waals surface area contributed by atoms with Gasteiger partial charge in [-0.1, -0.05) is 170 Å². The van der Waals surface area contributed by atoms with E-state index in [2.05, 4.69) is 62.5 Å². The Hall–Kier alpha value is -2.63. The number of unbranched alkanes of at least 4 members (excludes halogenated alkanes) is 18. The second-order valence-corrected chi connectivity index (χ2v) is 16.7. The summed E-state index contributed by atoms with van der Waals surface area (Å²) in [4.78, 5) is 14.7. The first-order valence-electron chi connectivity index (χ1n) is 23.5. The van der Waals surface area contributed by atoms with Gasteiger partial charge in [0.1, 0.15) is 6.61 Å². The predicted molar refractivity (Wildman–Crippen MR) is 238 cm³/mol. The average Bonchev–Trinajstić information content (AvgIpc) is 3.76. The van der Waals surface area contributed by atoms with Crippen LogP contribution >= 0.6 is 0 Å². The van der Waals surface area contributed by atoms with Crippen LogP contribution in [0.5, 0.6) is 0 Å². The van der Waals surface area contributed by atoms with Crippen molar-refractivity contribution in [3.8, 4) is 0 Å². The third-order valence-electron chi connectivity index (χ3n) is 11.7. The Morgan fingerprint density at radius 2 is 1.02 bits per heavy atom. The number of carbonyl (C=O) groups excluding carboxylic acids is 1. The third-order valence-corrected chi connectivity index (χ3v) is 11.7. The first-order valence-corrected chi connectivity index (χ1v) is 23.5. The molecule has 0 N–H and O–H groups in total. The third kappa shape index (κ3) is 21.2. The number of carbonyl (C=O) groups is 1. The monoisotopic (exact) mass is 774 g/mol. The van der Waals surface area contributed by atoms with Crippen molar-refractivity contribution >= 4 is 6.09 Å². The summed E-state index contributed by atoms with van der Waals surface area (Å²) in [6.07, 6.45) is 52.3. The van der Waals surface area contributed by atoms with Crippen molar-refractivity contribution in [1.82, 2.24) is 4.90 Å². The number of allylic oxidation sites excluding steroid dienone is 8. The van der Waals surface area contributed by atoms with E-state index in [4.69, 9.17) is 14.2 Å². The molecule has 1 saturated heterocycles. The number of ether oxygens (including phenoxy) is 3. The minimum atomic E-state index is -0.461. The number of hydrogen-bond acceptors (Lipinski definition) is 4. The van der Waals surface area contributed by atoms with E-state index < -0.39 is 5.79 Å². The zero-order valence-electron chi connectivity index (χ0n) is 36.3. The summed E-state index contributed by atoms with van der Waals surface area (Å²) in [6, 6.07) is 9.96. The molecule has 5 heteroatoms. The van der Waals surface area contributed by atoms with E-state index in [1.54, 1.807) is 4.90 Å². The van der Waals surface area contributed by atoms with Gasteiger partial charge < -0.3 is 19.1 Å². The Labute approximate surface area is 344 Å². The van der Waals surface area contributed by atoms with Gasteiger partial charge in [-0.05, 0) is 95.5 Å². The van der Waals surface area contributed by atoms with Crippen LogP contribution in [-0.4, -0.2) is 42.1 Å². The Morgan fingerprint density at radius 3 is 1.46 bits per heavy atom. The van der Waals surface area contributed by atoms with Crippen molar-refractivity contribution < 1.29 is 19.0 Å². The van der Waals surface area contributed by atoms with Gasteiger partial charge in [-0.2, -0.15) is 0 Å². The van der Waals surface area contributed by atoms with Crippen LogP contribution in [-0.2, 0) is 20.8 Å². The fourth-order valence-corrected chi connectivity index (χ4v) is 8.18. The number of hydrogen-bond donors (Lipinski definition) is 0. The quantitative estimate of drug-likeness (QED) is 0.0527. The molecule has 1 aliphatic carbocycles. The summed E-state index contributed by atoms with van der Waals surface area (Å²) in [5.74, 6) is -0.461. The molecule has 1 aromatic carbocycles. The topological polar surface area (TPSA) is 48.0 Å². The molecule has 3 atom stereocenters. The van der Waals surface area contributed by atoms with Crippen LogP contribution < -0.4 is 0 Å². The van der Waals surface area contributed by atoms with Crippen molar-refractivity contribution in [2.24, 2.45) is 0 Å². The number of nitrogens with zero attached hydrogens (tertiary/aromatic N) is 1. The van der Waals surface area contributed by atoms with Crippen molar-refractivity contribution in [1.29, 1.82) is 0 Å². The molecule has 0 aromatic heterocycles. The van der Waals surface area contributed by atoms with E-state index in [1.165, 1.54) is 128 Å². The molecule has 56 heavy (non-hydrogen) atoms. The summed E-state index contributed by atoms with van der Waals surface area (Å²) in [7, 11) is 1.86. The number of rotatable bonds is 33. The van der Waals surface area contributed by atoms with E-state index in [1.807, 2.05) is 37.4 Å². The van der Waals surface area contributed by atoms with E-state index in [-0.39, 0.29) is 24.3 Å². The Kier molecular flexibility index (Phi) is 26.7. The van der Waals surface area contributed by atoms with Crippen LogP contribution in [0.15, 0.2) is 78.9 Å². The summed E-state index contributed by atoms with van der Waals surface area (Å²) < 4.78 is 19.4. The molecule has 1 amide bonds. The summed E-state index contributed by atoms with van der Waals surface area (Å²) in [6.45, 7) is 4.82. The first-order chi connectivity index (χ1) is 27.6. The summed E-state index contributed by atoms with van der Waals surface area (Å²) >= 11 is 0. The minimum Gasteiger partial charge on any atom is -0.445 e. The van der Waals surface area contributed by atoms with Gasteiger partial charge in [0.05, 0.1) is 12.2 Å². The van der Waals surface area contributed by atoms with Crippen molar-refractivity contribution in [3.63, 3.8) is 0 Å². The normalized spacial score (nSPS) is 19.3. The molecule has 1 heterocycles. The molecule has 2 aliphatic rings. The van der Waals surface area contributed by atoms with Crippen LogP contribution in [0.25, 0.3) is 0 Å². The lowest BCUT2D eigenvalue weighted by Gasteiger charge is -2.31. The van der Waals surface area contributed by atoms with Crippen LogP contribution in [0.1, 0.15) is 199 Å². The molecular weight excluding hydrogens is 691 g/mol. The van der Waals surface area contributed by atoms with Gasteiger partial charge in [0, 0.05) is 25.9 Å². The molecule has 0 spiro atoms. The van der Waals surface area contributed by atoms with Gasteiger partial charge in [0.25, 0.3) is 0 Å². The van der Waals surface area contributed by atoms with E-state index in [0.717, 1.165) is 56.9 Å². The molecule has 1 saturated carbocycles. The van der Waals surface area contributed by atoms with Crippen molar-refractivity contribution in [2.45, 2.75) is 224 Å². The highest BCUT2D eigenvalue weighted by molar-refractivity contribution is 5.67. The highest BCUT2D eigenvalue weighted by atomic mass is 16.8. The summed E-state index contributed by atoms with van der Waals surface area (Å²) in [5, 5.41) is 0. The Bertz CT molecular complexity index is 1160. The molecule has 0 radical (unpaired) electrons. The minimum absolute atomic E-state index is 0.0542. The van der Waals surface area contributed by atoms with Crippen LogP contribution in [0.3, 0.4) is 0 Å². The lowest BCUT2D eigenvalue weighted by Crippen LogP contribution is -2.38. The summed E-state index contributed by atoms with van der Waals surface area (Å²) in [5.41, 5.74) is 1.00. The standard InChI is InChI=1S/C51H83NO4/c1-4-6-8-10-12-14-16-18-20-22-24-26-28-30-32-37-41-51(42-38-33-31-29-27-25-23-21-19-17-15-13-11-9-7-5-2)55-48-43-47(44-49(48)56-51)52(3)50(53)54-45-46-39-35-34-36-40-46/h12-15,18-21,34-36,39-40,47-49H,4-11,16-17,22-33,37-38,41-45H2,1-3H3/b14-12-,15-13-,20-18-,21-19-/t47?,48-,49+. The number of fused-ring (bicyclic) bond motifs is 1. The maximum absolute atomic E-state index is 12.9. The molecule has 2 fully saturated rings. The van der Waals surface area contributed by atoms with Gasteiger partial charge >= 0.3 is 6.09 Å². The largest absolute Gasteiger partial charge is 0.445 e. The fourth-order valence-electron chi connectivity index (χ4n) is 8.18. The average molecular weight is 774 g/mol. The smallest absolute Gasteiger partial charge is 0.410 e. The van der Waals surface area contributed by atoms with E-state index in [9.17, 15) is 4.79 Å². The van der Waals surface area contributed by atoms with E-state index >= 15 is 0 Å². The number of amides is 1. The Morgan fingerprint density at radius 1 is 0.607 bits per heavy atom. The van der Waals surface area contributed by atoms with Gasteiger partial charge in [0.15, 0.2) is 5.79 Å². The molecular formula is C51H83NO4. The van der Waals surface area contributed by atoms with Crippen LogP contribution in [0.2, 0.25) is 0 Å². The highest BCUT2D eigenvalue weighted by Gasteiger charge is 2.52. The maximum Gasteiger partial charge on any atom is 0.410 e. The van der Waals surface area contributed by atoms with Crippen molar-refractivity contribution in [3.05, 3.63) is 84.5 Å². The second-order valence-electron chi connectivity index (χ2n) is 16.7. The zero-order valence-corrected chi connectivity index (χ0v) is 36.3. The molecule has 0 bridgehead atoms. The van der Waals surface area contributed by atoms with Gasteiger partial charge in [-0.25, -0.2) is 4.79 Å². The van der Waals surface area contributed by atoms with Crippen LogP contribution in [0, 0.1) is 0 Å². The maximum atomic E-state index is 12.9. The Balaban J connectivity index is 1.33. The van der Waals surface area contributed by atoms with Crippen molar-refractivity contribution in [2.75, 3.05) is 7.05 Å². The zero-order chi connectivity index (χ0) is 39.8. The lowest BCUT2D eigenvalue weighted by atomic mass is 9.98. The number of benzene rings is 1. The second kappa shape index (κ2) is 31.4. The SMILES string of the molecule is CCCCC/C=C\C/C=C\CCCCCCCCC1(CCCCCCCC/C=C\C/C=C\CCCCC)O[C@H]2CC(N(C)C(=O)OCc3ccccc3)C[C@H]2O1. The molecule has 3 rings (SSSR count). The molecule has 1 unspecified atom stereocenters.